The summed E-state index contributed by atoms with van der Waals surface area (Å²) in [7, 11) is 0. The Kier molecular flexibility index (Phi) is 5.14. The van der Waals surface area contributed by atoms with Crippen molar-refractivity contribution in [1.82, 2.24) is 14.9 Å². The molecule has 0 spiro atoms. The molecular formula is C26H28F2N4O4. The fourth-order valence-electron chi connectivity index (χ4n) is 7.01. The van der Waals surface area contributed by atoms with E-state index >= 15 is 0 Å². The van der Waals surface area contributed by atoms with E-state index in [4.69, 9.17) is 0 Å². The van der Waals surface area contributed by atoms with Crippen LogP contribution < -0.4 is 15.8 Å². The van der Waals surface area contributed by atoms with Gasteiger partial charge in [-0.15, -0.1) is 0 Å². The Hall–Kier alpha value is -3.43. The molecule has 1 aromatic carbocycles. The lowest BCUT2D eigenvalue weighted by Gasteiger charge is -2.73. The van der Waals surface area contributed by atoms with Crippen molar-refractivity contribution in [2.24, 2.45) is 29.6 Å². The average Bonchev–Trinajstić information content (AvgIpc) is 2.83. The molecule has 3 saturated carbocycles. The third-order valence-electron chi connectivity index (χ3n) is 8.95. The van der Waals surface area contributed by atoms with Crippen LogP contribution in [0.4, 0.5) is 8.78 Å². The second-order valence-corrected chi connectivity index (χ2v) is 10.6. The Morgan fingerprint density at radius 3 is 2.61 bits per heavy atom. The molecule has 6 rings (SSSR count). The minimum Gasteiger partial charge on any atom is -0.502 e. The van der Waals surface area contributed by atoms with Gasteiger partial charge in [-0.05, 0) is 55.4 Å². The van der Waals surface area contributed by atoms with Crippen molar-refractivity contribution in [3.8, 4) is 5.75 Å². The van der Waals surface area contributed by atoms with Crippen molar-refractivity contribution >= 4 is 11.8 Å². The topological polar surface area (TPSA) is 94.9 Å². The molecule has 1 aliphatic heterocycles. The molecule has 8 nitrogen and oxygen atoms in total. The molecule has 0 radical (unpaired) electrons. The molecule has 3 aliphatic carbocycles. The standard InChI is InChI=1S/C26H28F2N4O4/c1-3-30-11-32(19-8-16-15-6-12(2)20(15)21(16)19)31-10-17(23(33)24(34)22(31)26(30)36)25(35)29-9-13-4-5-14(27)7-18(13)28/h4-5,7,10,12,15-16,19-21,34H,3,6,8-9,11H2,1-2H3,(H,29,35)/t12-,15?,16-,19?,20?,21?/m0/s1. The van der Waals surface area contributed by atoms with Gasteiger partial charge in [-0.1, -0.05) is 13.0 Å². The van der Waals surface area contributed by atoms with Crippen molar-refractivity contribution < 1.29 is 23.5 Å². The minimum atomic E-state index is -0.965. The maximum atomic E-state index is 14.0. The number of hydrogen-bond donors (Lipinski definition) is 2. The number of aromatic hydroxyl groups is 1. The summed E-state index contributed by atoms with van der Waals surface area (Å²) in [6, 6.07) is 3.14. The van der Waals surface area contributed by atoms with Crippen molar-refractivity contribution in [3.63, 3.8) is 0 Å². The lowest BCUT2D eigenvalue weighted by molar-refractivity contribution is -0.216. The van der Waals surface area contributed by atoms with Crippen molar-refractivity contribution in [2.45, 2.75) is 39.3 Å². The highest BCUT2D eigenvalue weighted by Crippen LogP contribution is 2.70. The number of hydrogen-bond acceptors (Lipinski definition) is 5. The number of carbonyl (C=O) groups is 2. The molecule has 0 saturated heterocycles. The van der Waals surface area contributed by atoms with E-state index in [9.17, 15) is 28.3 Å². The summed E-state index contributed by atoms with van der Waals surface area (Å²) < 4.78 is 28.7. The smallest absolute Gasteiger partial charge is 0.277 e. The van der Waals surface area contributed by atoms with Gasteiger partial charge in [-0.3, -0.25) is 24.1 Å². The molecule has 36 heavy (non-hydrogen) atoms. The Bertz CT molecular complexity index is 1340. The van der Waals surface area contributed by atoms with E-state index in [1.165, 1.54) is 23.4 Å². The number of nitrogens with zero attached hydrogens (tertiary/aromatic N) is 3. The van der Waals surface area contributed by atoms with Gasteiger partial charge in [0.25, 0.3) is 11.8 Å². The van der Waals surface area contributed by atoms with Crippen LogP contribution in [0.15, 0.2) is 29.2 Å². The van der Waals surface area contributed by atoms with Gasteiger partial charge in [0.05, 0.1) is 6.04 Å². The molecule has 1 aromatic heterocycles. The number of rotatable bonds is 5. The first kappa shape index (κ1) is 23.0. The monoisotopic (exact) mass is 498 g/mol. The molecule has 6 atom stereocenters. The maximum Gasteiger partial charge on any atom is 0.277 e. The van der Waals surface area contributed by atoms with Gasteiger partial charge in [-0.25, -0.2) is 8.78 Å². The van der Waals surface area contributed by atoms with E-state index in [1.54, 1.807) is 4.90 Å². The molecule has 4 unspecified atom stereocenters. The van der Waals surface area contributed by atoms with Crippen LogP contribution >= 0.6 is 0 Å². The number of fused-ring (bicyclic) bond motifs is 5. The summed E-state index contributed by atoms with van der Waals surface area (Å²) in [5.41, 5.74) is -1.40. The van der Waals surface area contributed by atoms with E-state index in [2.05, 4.69) is 12.2 Å². The van der Waals surface area contributed by atoms with Crippen LogP contribution in [0.25, 0.3) is 0 Å². The summed E-state index contributed by atoms with van der Waals surface area (Å²) in [5, 5.41) is 15.3. The molecule has 4 aliphatic rings. The zero-order valence-corrected chi connectivity index (χ0v) is 20.1. The lowest BCUT2D eigenvalue weighted by Crippen LogP contribution is -2.75. The SMILES string of the molecule is CCN1CN(C2C[C@H]3C4C[C@H](C)C4C23)n2cc(C(=O)NCc3ccc(F)cc3F)c(=O)c(O)c2C1=O. The molecule has 2 heterocycles. The predicted molar refractivity (Wildman–Crippen MR) is 126 cm³/mol. The van der Waals surface area contributed by atoms with Crippen molar-refractivity contribution in [1.29, 1.82) is 0 Å². The van der Waals surface area contributed by atoms with Crippen molar-refractivity contribution in [3.05, 3.63) is 63.1 Å². The number of benzene rings is 1. The Labute approximate surface area is 206 Å². The van der Waals surface area contributed by atoms with Gasteiger partial charge in [0, 0.05) is 30.9 Å². The van der Waals surface area contributed by atoms with Crippen LogP contribution in [0, 0.1) is 41.2 Å². The Morgan fingerprint density at radius 2 is 1.92 bits per heavy atom. The van der Waals surface area contributed by atoms with Crippen molar-refractivity contribution in [2.75, 3.05) is 18.2 Å². The summed E-state index contributed by atoms with van der Waals surface area (Å²) in [5.74, 6) is -0.334. The number of pyridine rings is 1. The Balaban J connectivity index is 1.33. The highest BCUT2D eigenvalue weighted by Gasteiger charge is 2.68. The average molecular weight is 499 g/mol. The second-order valence-electron chi connectivity index (χ2n) is 10.6. The number of halogens is 2. The summed E-state index contributed by atoms with van der Waals surface area (Å²) in [4.78, 5) is 40.6. The number of nitrogens with one attached hydrogen (secondary N) is 1. The van der Waals surface area contributed by atoms with Crippen LogP contribution in [0.2, 0.25) is 0 Å². The van der Waals surface area contributed by atoms with E-state index < -0.39 is 34.6 Å². The molecule has 2 amide bonds. The third kappa shape index (κ3) is 3.12. The fraction of sp³-hybridized carbons (Fsp3) is 0.500. The minimum absolute atomic E-state index is 0.0529. The number of amides is 2. The summed E-state index contributed by atoms with van der Waals surface area (Å²) in [6.07, 6.45) is 3.55. The number of aromatic nitrogens is 1. The van der Waals surface area contributed by atoms with E-state index in [0.717, 1.165) is 18.4 Å². The quantitative estimate of drug-likeness (QED) is 0.661. The van der Waals surface area contributed by atoms with Gasteiger partial charge in [0.2, 0.25) is 5.43 Å². The van der Waals surface area contributed by atoms with E-state index in [0.29, 0.717) is 43.0 Å². The first-order valence-corrected chi connectivity index (χ1v) is 12.5. The van der Waals surface area contributed by atoms with Gasteiger partial charge in [-0.2, -0.15) is 0 Å². The molecule has 2 aromatic rings. The van der Waals surface area contributed by atoms with Crippen LogP contribution in [0.1, 0.15) is 53.1 Å². The summed E-state index contributed by atoms with van der Waals surface area (Å²) in [6.45, 7) is 4.55. The largest absolute Gasteiger partial charge is 0.502 e. The second kappa shape index (κ2) is 8.04. The summed E-state index contributed by atoms with van der Waals surface area (Å²) >= 11 is 0. The molecule has 0 bridgehead atoms. The maximum absolute atomic E-state index is 14.0. The zero-order chi connectivity index (χ0) is 25.5. The fourth-order valence-corrected chi connectivity index (χ4v) is 7.01. The molecular weight excluding hydrogens is 470 g/mol. The van der Waals surface area contributed by atoms with Gasteiger partial charge < -0.3 is 15.3 Å². The van der Waals surface area contributed by atoms with Gasteiger partial charge >= 0.3 is 0 Å². The highest BCUT2D eigenvalue weighted by atomic mass is 19.1. The van der Waals surface area contributed by atoms with Crippen LogP contribution in [-0.2, 0) is 6.54 Å². The lowest BCUT2D eigenvalue weighted by atomic mass is 9.35. The van der Waals surface area contributed by atoms with Crippen LogP contribution in [0.3, 0.4) is 0 Å². The molecule has 10 heteroatoms. The van der Waals surface area contributed by atoms with Gasteiger partial charge in [0.1, 0.15) is 23.9 Å². The molecule has 3 fully saturated rings. The first-order chi connectivity index (χ1) is 17.2. The highest BCUT2D eigenvalue weighted by molar-refractivity contribution is 5.99. The first-order valence-electron chi connectivity index (χ1n) is 12.5. The van der Waals surface area contributed by atoms with E-state index in [-0.39, 0.29) is 29.4 Å². The van der Waals surface area contributed by atoms with Crippen LogP contribution in [-0.4, -0.2) is 45.8 Å². The Morgan fingerprint density at radius 1 is 1.17 bits per heavy atom. The molecule has 2 N–H and O–H groups in total. The third-order valence-corrected chi connectivity index (χ3v) is 8.95. The van der Waals surface area contributed by atoms with Gasteiger partial charge in [0.15, 0.2) is 11.4 Å². The zero-order valence-electron chi connectivity index (χ0n) is 20.1. The number of carbonyl (C=O) groups excluding carboxylic acids is 2. The van der Waals surface area contributed by atoms with Crippen LogP contribution in [0.5, 0.6) is 5.75 Å². The predicted octanol–water partition coefficient (Wildman–Crippen LogP) is 2.42. The normalized spacial score (nSPS) is 29.8. The molecule has 190 valence electrons. The van der Waals surface area contributed by atoms with E-state index in [1.807, 2.05) is 11.9 Å².